The first kappa shape index (κ1) is 13.5. The van der Waals surface area contributed by atoms with Crippen LogP contribution in [-0.4, -0.2) is 13.7 Å². The van der Waals surface area contributed by atoms with Gasteiger partial charge in [0.1, 0.15) is 5.82 Å². The maximum atomic E-state index is 13.0. The lowest BCUT2D eigenvalue weighted by molar-refractivity contribution is 0.591. The maximum absolute atomic E-state index is 13.0. The Morgan fingerprint density at radius 1 is 1.44 bits per heavy atom. The predicted octanol–water partition coefficient (Wildman–Crippen LogP) is 3.02. The number of rotatable bonds is 4. The largest absolute Gasteiger partial charge is 0.235 e. The van der Waals surface area contributed by atoms with Crippen molar-refractivity contribution in [3.05, 3.63) is 35.1 Å². The zero-order valence-corrected chi connectivity index (χ0v) is 10.8. The van der Waals surface area contributed by atoms with E-state index in [9.17, 15) is 12.8 Å². The molecule has 0 amide bonds. The van der Waals surface area contributed by atoms with Gasteiger partial charge in [0.25, 0.3) is 0 Å². The summed E-state index contributed by atoms with van der Waals surface area (Å²) in [6.45, 7) is 3.25. The normalized spacial score (nSPS) is 13.8. The molecule has 1 unspecified atom stereocenters. The summed E-state index contributed by atoms with van der Waals surface area (Å²) in [6.07, 6.45) is 1.02. The van der Waals surface area contributed by atoms with E-state index in [0.717, 1.165) is 5.56 Å². The minimum absolute atomic E-state index is 0.248. The van der Waals surface area contributed by atoms with Gasteiger partial charge in [0.2, 0.25) is 9.05 Å². The molecule has 0 saturated heterocycles. The average Bonchev–Trinajstić information content (AvgIpc) is 2.18. The fraction of sp³-hybridized carbons (Fsp3) is 0.455. The Morgan fingerprint density at radius 3 is 2.56 bits per heavy atom. The highest BCUT2D eigenvalue weighted by molar-refractivity contribution is 8.14. The monoisotopic (exact) mass is 264 g/mol. The van der Waals surface area contributed by atoms with Crippen molar-refractivity contribution >= 4 is 19.7 Å². The minimum Gasteiger partial charge on any atom is -0.212 e. The summed E-state index contributed by atoms with van der Waals surface area (Å²) in [6, 6.07) is 4.78. The van der Waals surface area contributed by atoms with Crippen LogP contribution in [0.4, 0.5) is 4.39 Å². The molecular formula is C11H14ClFO2S. The fourth-order valence-electron chi connectivity index (χ4n) is 1.37. The van der Waals surface area contributed by atoms with E-state index in [1.54, 1.807) is 26.0 Å². The second kappa shape index (κ2) is 5.15. The molecule has 0 saturated carbocycles. The van der Waals surface area contributed by atoms with Gasteiger partial charge in [-0.15, -0.1) is 0 Å². The van der Waals surface area contributed by atoms with Crippen LogP contribution in [-0.2, 0) is 15.5 Å². The van der Waals surface area contributed by atoms with Gasteiger partial charge >= 0.3 is 0 Å². The third-order valence-electron chi connectivity index (χ3n) is 2.54. The number of benzene rings is 1. The highest BCUT2D eigenvalue weighted by Crippen LogP contribution is 2.16. The summed E-state index contributed by atoms with van der Waals surface area (Å²) in [5.74, 6) is -0.248. The van der Waals surface area contributed by atoms with Crippen LogP contribution < -0.4 is 0 Å². The Morgan fingerprint density at radius 2 is 2.06 bits per heavy atom. The van der Waals surface area contributed by atoms with E-state index < -0.39 is 14.3 Å². The minimum atomic E-state index is -3.49. The third kappa shape index (κ3) is 3.76. The molecule has 1 rings (SSSR count). The first-order chi connectivity index (χ1) is 7.30. The van der Waals surface area contributed by atoms with E-state index in [2.05, 4.69) is 0 Å². The summed E-state index contributed by atoms with van der Waals surface area (Å²) >= 11 is 0. The smallest absolute Gasteiger partial charge is 0.212 e. The van der Waals surface area contributed by atoms with Crippen molar-refractivity contribution in [1.82, 2.24) is 0 Å². The number of hydrogen-bond acceptors (Lipinski definition) is 2. The summed E-state index contributed by atoms with van der Waals surface area (Å²) < 4.78 is 34.9. The van der Waals surface area contributed by atoms with Crippen molar-refractivity contribution in [2.45, 2.75) is 31.9 Å². The lowest BCUT2D eigenvalue weighted by atomic mass is 10.1. The van der Waals surface area contributed by atoms with E-state index in [-0.39, 0.29) is 5.82 Å². The van der Waals surface area contributed by atoms with Gasteiger partial charge in [-0.3, -0.25) is 0 Å². The summed E-state index contributed by atoms with van der Waals surface area (Å²) in [5.41, 5.74) is 1.49. The lowest BCUT2D eigenvalue weighted by Gasteiger charge is -2.08. The van der Waals surface area contributed by atoms with E-state index in [4.69, 9.17) is 10.7 Å². The van der Waals surface area contributed by atoms with Crippen LogP contribution >= 0.6 is 10.7 Å². The average molecular weight is 265 g/mol. The van der Waals surface area contributed by atoms with Crippen molar-refractivity contribution in [1.29, 1.82) is 0 Å². The first-order valence-corrected chi connectivity index (χ1v) is 7.36. The Bertz CT molecular complexity index is 471. The molecule has 0 aliphatic rings. The quantitative estimate of drug-likeness (QED) is 0.784. The summed E-state index contributed by atoms with van der Waals surface area (Å²) in [7, 11) is 1.73. The highest BCUT2D eigenvalue weighted by atomic mass is 35.7. The molecule has 2 nitrogen and oxygen atoms in total. The molecule has 0 radical (unpaired) electrons. The topological polar surface area (TPSA) is 34.1 Å². The van der Waals surface area contributed by atoms with Crippen molar-refractivity contribution in [3.8, 4) is 0 Å². The van der Waals surface area contributed by atoms with Gasteiger partial charge in [-0.1, -0.05) is 12.1 Å². The van der Waals surface area contributed by atoms with E-state index >= 15 is 0 Å². The van der Waals surface area contributed by atoms with Crippen molar-refractivity contribution in [2.75, 3.05) is 0 Å². The number of hydrogen-bond donors (Lipinski definition) is 0. The van der Waals surface area contributed by atoms with Crippen LogP contribution in [0.5, 0.6) is 0 Å². The van der Waals surface area contributed by atoms with Gasteiger partial charge in [0.15, 0.2) is 0 Å². The number of aryl methyl sites for hydroxylation is 2. The maximum Gasteiger partial charge on any atom is 0.235 e. The van der Waals surface area contributed by atoms with Crippen LogP contribution in [0.15, 0.2) is 18.2 Å². The second-order valence-corrected chi connectivity index (χ2v) is 6.95. The fourth-order valence-corrected chi connectivity index (χ4v) is 2.04. The summed E-state index contributed by atoms with van der Waals surface area (Å²) in [5, 5.41) is -0.584. The second-order valence-electron chi connectivity index (χ2n) is 3.91. The third-order valence-corrected chi connectivity index (χ3v) is 4.65. The van der Waals surface area contributed by atoms with Gasteiger partial charge < -0.3 is 0 Å². The molecule has 0 heterocycles. The van der Waals surface area contributed by atoms with E-state index in [1.165, 1.54) is 6.07 Å². The van der Waals surface area contributed by atoms with Crippen LogP contribution in [0.3, 0.4) is 0 Å². The zero-order chi connectivity index (χ0) is 12.3. The molecule has 90 valence electrons. The molecule has 16 heavy (non-hydrogen) atoms. The molecule has 0 aliphatic carbocycles. The molecule has 0 spiro atoms. The SMILES string of the molecule is Cc1cc(CCC(C)S(=O)(=O)Cl)ccc1F. The molecule has 0 fully saturated rings. The van der Waals surface area contributed by atoms with Gasteiger partial charge in [-0.2, -0.15) is 0 Å². The molecule has 1 aromatic carbocycles. The van der Waals surface area contributed by atoms with Gasteiger partial charge in [-0.25, -0.2) is 12.8 Å². The molecule has 1 atom stereocenters. The lowest BCUT2D eigenvalue weighted by Crippen LogP contribution is -2.12. The number of halogens is 2. The van der Waals surface area contributed by atoms with Gasteiger partial charge in [0, 0.05) is 10.7 Å². The molecule has 5 heteroatoms. The van der Waals surface area contributed by atoms with Crippen LogP contribution in [0.1, 0.15) is 24.5 Å². The van der Waals surface area contributed by atoms with Gasteiger partial charge in [0.05, 0.1) is 5.25 Å². The van der Waals surface area contributed by atoms with Crippen molar-refractivity contribution in [3.63, 3.8) is 0 Å². The Kier molecular flexibility index (Phi) is 4.33. The summed E-state index contributed by atoms with van der Waals surface area (Å²) in [4.78, 5) is 0. The molecular weight excluding hydrogens is 251 g/mol. The standard InChI is InChI=1S/C11H14ClFO2S/c1-8-7-10(5-6-11(8)13)4-3-9(2)16(12,14)15/h5-7,9H,3-4H2,1-2H3. The Labute approximate surface area is 99.9 Å². The Balaban J connectivity index is 2.65. The molecule has 0 N–H and O–H groups in total. The molecule has 0 aliphatic heterocycles. The van der Waals surface area contributed by atoms with Crippen molar-refractivity contribution < 1.29 is 12.8 Å². The highest BCUT2D eigenvalue weighted by Gasteiger charge is 2.17. The van der Waals surface area contributed by atoms with Gasteiger partial charge in [-0.05, 0) is 43.9 Å². The molecule has 1 aromatic rings. The first-order valence-electron chi connectivity index (χ1n) is 4.99. The van der Waals surface area contributed by atoms with E-state index in [0.29, 0.717) is 18.4 Å². The Hall–Kier alpha value is -0.610. The zero-order valence-electron chi connectivity index (χ0n) is 9.20. The van der Waals surface area contributed by atoms with Crippen LogP contribution in [0.2, 0.25) is 0 Å². The molecule has 0 bridgehead atoms. The van der Waals surface area contributed by atoms with Crippen molar-refractivity contribution in [2.24, 2.45) is 0 Å². The molecule has 0 aromatic heterocycles. The van der Waals surface area contributed by atoms with Crippen LogP contribution in [0.25, 0.3) is 0 Å². The predicted molar refractivity (Wildman–Crippen MR) is 63.7 cm³/mol. The van der Waals surface area contributed by atoms with E-state index in [1.807, 2.05) is 0 Å². The van der Waals surface area contributed by atoms with Crippen LogP contribution in [0, 0.1) is 12.7 Å².